The molecule has 3 N–H and O–H groups in total. The van der Waals surface area contributed by atoms with E-state index < -0.39 is 47.6 Å². The summed E-state index contributed by atoms with van der Waals surface area (Å²) in [6.45, 7) is 3.21. The summed E-state index contributed by atoms with van der Waals surface area (Å²) in [5.41, 5.74) is 0.224. The highest BCUT2D eigenvalue weighted by molar-refractivity contribution is 7.89. The topological polar surface area (TPSA) is 180 Å². The van der Waals surface area contributed by atoms with Crippen molar-refractivity contribution < 1.29 is 49.3 Å². The average Bonchev–Trinajstić information content (AvgIpc) is 4.23. The minimum Gasteiger partial charge on any atom is -0.495 e. The summed E-state index contributed by atoms with van der Waals surface area (Å²) in [5.74, 6) is 0.0310. The lowest BCUT2D eigenvalue weighted by atomic mass is 10.2. The molecule has 0 amide bonds. The molecule has 0 atom stereocenters. The Kier molecular flexibility index (Phi) is 17.1. The smallest absolute Gasteiger partial charge is 0.421 e. The molecule has 3 aliphatic rings. The maximum Gasteiger partial charge on any atom is 0.421 e. The second-order valence-corrected chi connectivity index (χ2v) is 27.6. The maximum absolute atomic E-state index is 13.7. The van der Waals surface area contributed by atoms with Gasteiger partial charge in [0.05, 0.1) is 42.5 Å². The molecule has 0 bridgehead atoms. The summed E-state index contributed by atoms with van der Waals surface area (Å²) in [6.07, 6.45) is 2.20. The molecular weight excluding hydrogens is 1080 g/mol. The van der Waals surface area contributed by atoms with Gasteiger partial charge in [-0.15, -0.1) is 0 Å². The quantitative estimate of drug-likeness (QED) is 0.0652. The van der Waals surface area contributed by atoms with Crippen molar-refractivity contribution in [3.05, 3.63) is 119 Å². The number of alkyl halides is 3. The van der Waals surface area contributed by atoms with Gasteiger partial charge in [-0.05, 0) is 86.6 Å². The maximum atomic E-state index is 13.7. The molecule has 0 unspecified atom stereocenters. The number of anilines is 6. The van der Waals surface area contributed by atoms with E-state index in [1.165, 1.54) is 46.3 Å². The van der Waals surface area contributed by atoms with Gasteiger partial charge < -0.3 is 44.2 Å². The number of nitrogens with one attached hydrogen (secondary N) is 3. The zero-order valence-electron chi connectivity index (χ0n) is 41.5. The molecule has 25 heteroatoms. The van der Waals surface area contributed by atoms with E-state index in [1.807, 2.05) is 19.2 Å². The largest absolute Gasteiger partial charge is 0.495 e. The van der Waals surface area contributed by atoms with Gasteiger partial charge in [0.1, 0.15) is 64.4 Å². The predicted molar refractivity (Wildman–Crippen MR) is 287 cm³/mol. The lowest BCUT2D eigenvalue weighted by Gasteiger charge is -2.32. The van der Waals surface area contributed by atoms with Crippen molar-refractivity contribution in [1.29, 1.82) is 0 Å². The molecule has 2 aliphatic heterocycles. The van der Waals surface area contributed by atoms with Crippen molar-refractivity contribution in [2.24, 2.45) is 0 Å². The molecule has 0 radical (unpaired) electrons. The first-order valence-electron chi connectivity index (χ1n) is 23.6. The highest BCUT2D eigenvalue weighted by Gasteiger charge is 2.38. The third-order valence-corrected chi connectivity index (χ3v) is 21.6. The molecule has 9 rings (SSSR count). The Labute approximate surface area is 442 Å². The molecule has 16 nitrogen and oxygen atoms in total. The summed E-state index contributed by atoms with van der Waals surface area (Å²) < 4.78 is 125. The number of pyridine rings is 1. The molecule has 2 aromatic heterocycles. The lowest BCUT2D eigenvalue weighted by molar-refractivity contribution is -0.138. The van der Waals surface area contributed by atoms with Gasteiger partial charge in [-0.25, -0.2) is 27.1 Å². The van der Waals surface area contributed by atoms with Crippen LogP contribution in [0.25, 0.3) is 0 Å². The van der Waals surface area contributed by atoms with Crippen molar-refractivity contribution in [3.63, 3.8) is 0 Å². The first-order valence-corrected chi connectivity index (χ1v) is 30.0. The van der Waals surface area contributed by atoms with Crippen molar-refractivity contribution in [2.75, 3.05) is 102 Å². The van der Waals surface area contributed by atoms with Crippen LogP contribution in [0.3, 0.4) is 0 Å². The number of nitrogens with zero attached hydrogens (tertiary/aromatic N) is 6. The molecule has 6 aromatic rings. The number of benzene rings is 4. The molecule has 1 saturated carbocycles. The number of hydrogen-bond acceptors (Lipinski definition) is 15. The van der Waals surface area contributed by atoms with E-state index in [4.69, 9.17) is 37.4 Å². The van der Waals surface area contributed by atoms with Crippen molar-refractivity contribution in [3.8, 4) is 23.0 Å². The Balaban J connectivity index is 0.000000199. The van der Waals surface area contributed by atoms with E-state index in [9.17, 15) is 35.1 Å². The van der Waals surface area contributed by atoms with Crippen molar-refractivity contribution >= 4 is 92.8 Å². The van der Waals surface area contributed by atoms with E-state index in [2.05, 4.69) is 40.7 Å². The molecule has 75 heavy (non-hydrogen) atoms. The van der Waals surface area contributed by atoms with E-state index in [0.29, 0.717) is 70.8 Å². The minimum atomic E-state index is -4.76. The number of para-hydroxylation sites is 1. The Morgan fingerprint density at radius 1 is 0.707 bits per heavy atom. The summed E-state index contributed by atoms with van der Waals surface area (Å²) in [7, 11) is -0.802. The van der Waals surface area contributed by atoms with Crippen molar-refractivity contribution in [1.82, 2.24) is 29.1 Å². The van der Waals surface area contributed by atoms with Crippen LogP contribution in [0.1, 0.15) is 18.4 Å². The fourth-order valence-corrected chi connectivity index (χ4v) is 15.2. The van der Waals surface area contributed by atoms with Gasteiger partial charge >= 0.3 is 6.18 Å². The third kappa shape index (κ3) is 13.2. The van der Waals surface area contributed by atoms with Crippen molar-refractivity contribution in [2.45, 2.75) is 30.0 Å². The Hall–Kier alpha value is -5.50. The normalized spacial score (nSPS) is 16.9. The van der Waals surface area contributed by atoms with E-state index in [-0.39, 0.29) is 38.3 Å². The SMILES string of the molecule is COc1cc(P2(=O)CCN(C)CC2)ccc1Nc1ncc(Cl)c(Nc2ccccc2S(=O)(=O)N(C)C)n1.COc1cc(P2(=O)CCN(C3CC3)CC2)ccc1Nc1cc(Oc2ccc(F)cc2Cl)c(C(F)(F)F)cn1. The number of halogens is 6. The molecule has 0 spiro atoms. The van der Waals surface area contributed by atoms with Gasteiger partial charge in [0.25, 0.3) is 0 Å². The standard InChI is InChI=1S/C26H25ClF4N3O3P.C24H30ClN6O4PS/c1-36-24-13-18(38(35)10-8-34(9-11-38)17-3-4-17)5-6-21(24)33-25-14-23(19(15-32-25)26(29,30)31)37-22-7-2-16(28)12-20(22)27;1-30(2)37(33,34)22-8-6-5-7-20(22)27-23-18(25)16-26-24(29-23)28-19-10-9-17(15-21(19)35-4)36(32)13-11-31(3)12-14-36/h2,5-7,12-15,17H,3-4,8-11H2,1H3,(H,32,33);5-10,15-16H,11-14H2,1-4H3,(H2,26,27,28,29). The van der Waals surface area contributed by atoms with Crippen LogP contribution in [0.15, 0.2) is 102 Å². The van der Waals surface area contributed by atoms with Crippen LogP contribution >= 0.6 is 37.5 Å². The van der Waals surface area contributed by atoms with E-state index in [1.54, 1.807) is 49.6 Å². The molecule has 1 aliphatic carbocycles. The van der Waals surface area contributed by atoms with Gasteiger partial charge in [-0.1, -0.05) is 35.3 Å². The highest BCUT2D eigenvalue weighted by atomic mass is 35.5. The molecule has 4 aromatic carbocycles. The Morgan fingerprint density at radius 2 is 1.31 bits per heavy atom. The Morgan fingerprint density at radius 3 is 1.88 bits per heavy atom. The van der Waals surface area contributed by atoms with Crippen LogP contribution in [0, 0.1) is 5.82 Å². The fourth-order valence-electron chi connectivity index (χ4n) is 8.46. The van der Waals surface area contributed by atoms with Gasteiger partial charge in [0, 0.05) is 93.8 Å². The van der Waals surface area contributed by atoms with Crippen LogP contribution in [0.5, 0.6) is 23.0 Å². The number of methoxy groups -OCH3 is 2. The second kappa shape index (κ2) is 23.0. The minimum absolute atomic E-state index is 0.0432. The summed E-state index contributed by atoms with van der Waals surface area (Å²) >= 11 is 12.3. The van der Waals surface area contributed by atoms with Gasteiger partial charge in [0.15, 0.2) is 5.82 Å². The Bertz CT molecular complexity index is 3260. The molecule has 3 fully saturated rings. The second-order valence-electron chi connectivity index (χ2n) is 18.3. The monoisotopic (exact) mass is 1130 g/mol. The molecule has 2 saturated heterocycles. The van der Waals surface area contributed by atoms with E-state index in [0.717, 1.165) is 60.1 Å². The zero-order chi connectivity index (χ0) is 53.9. The number of ether oxygens (including phenoxy) is 3. The first-order chi connectivity index (χ1) is 35.6. The summed E-state index contributed by atoms with van der Waals surface area (Å²) in [5, 5.41) is 10.6. The first kappa shape index (κ1) is 55.7. The summed E-state index contributed by atoms with van der Waals surface area (Å²) in [6, 6.07) is 22.0. The van der Waals surface area contributed by atoms with Crippen LogP contribution in [-0.2, 0) is 25.3 Å². The number of aromatic nitrogens is 3. The van der Waals surface area contributed by atoms with Crippen LogP contribution in [0.2, 0.25) is 10.0 Å². The molecular formula is C50H55Cl2F4N9O7P2S. The highest BCUT2D eigenvalue weighted by Crippen LogP contribution is 2.50. The van der Waals surface area contributed by atoms with E-state index >= 15 is 0 Å². The van der Waals surface area contributed by atoms with Crippen LogP contribution in [-0.4, -0.2) is 130 Å². The molecule has 400 valence electrons. The van der Waals surface area contributed by atoms with Gasteiger partial charge in [0.2, 0.25) is 16.0 Å². The average molecular weight is 1130 g/mol. The fraction of sp³-hybridized carbons (Fsp3) is 0.340. The third-order valence-electron chi connectivity index (χ3n) is 13.0. The summed E-state index contributed by atoms with van der Waals surface area (Å²) in [4.78, 5) is 17.3. The van der Waals surface area contributed by atoms with Gasteiger partial charge in [-0.2, -0.15) is 18.2 Å². The van der Waals surface area contributed by atoms with Gasteiger partial charge in [-0.3, -0.25) is 4.90 Å². The van der Waals surface area contributed by atoms with Crippen LogP contribution < -0.4 is 40.8 Å². The van der Waals surface area contributed by atoms with Crippen LogP contribution in [0.4, 0.5) is 52.2 Å². The number of rotatable bonds is 15. The zero-order valence-corrected chi connectivity index (χ0v) is 45.6. The molecule has 4 heterocycles. The lowest BCUT2D eigenvalue weighted by Crippen LogP contribution is -2.38. The number of hydrogen-bond donors (Lipinski definition) is 3. The number of sulfonamides is 1. The predicted octanol–water partition coefficient (Wildman–Crippen LogP) is 10.7.